The molecule has 6 nitrogen and oxygen atoms in total. The van der Waals surface area contributed by atoms with Gasteiger partial charge in [-0.3, -0.25) is 0 Å². The van der Waals surface area contributed by atoms with E-state index >= 15 is 0 Å². The molecule has 0 amide bonds. The Bertz CT molecular complexity index is 714. The van der Waals surface area contributed by atoms with Crippen LogP contribution >= 0.6 is 0 Å². The van der Waals surface area contributed by atoms with Crippen molar-refractivity contribution >= 4 is 17.9 Å². The predicted molar refractivity (Wildman–Crippen MR) is 121 cm³/mol. The lowest BCUT2D eigenvalue weighted by molar-refractivity contribution is 0.0693. The van der Waals surface area contributed by atoms with Crippen molar-refractivity contribution in [3.8, 4) is 0 Å². The Hall–Kier alpha value is -2.37. The van der Waals surface area contributed by atoms with E-state index in [-0.39, 0.29) is 39.7 Å². The lowest BCUT2D eigenvalue weighted by Gasteiger charge is -2.23. The summed E-state index contributed by atoms with van der Waals surface area (Å²) in [5, 5.41) is 29.7. The Kier molecular flexibility index (Phi) is 11.3. The maximum atomic E-state index is 12.4. The summed E-state index contributed by atoms with van der Waals surface area (Å²) >= 11 is 0. The van der Waals surface area contributed by atoms with Gasteiger partial charge in [-0.15, -0.1) is 0 Å². The third-order valence-electron chi connectivity index (χ3n) is 6.29. The number of hydrogen-bond donors (Lipinski definition) is 3. The zero-order valence-electron chi connectivity index (χ0n) is 19.4. The van der Waals surface area contributed by atoms with E-state index in [0.717, 1.165) is 51.4 Å². The molecule has 0 spiro atoms. The van der Waals surface area contributed by atoms with Gasteiger partial charge >= 0.3 is 17.9 Å². The number of hydrogen-bond acceptors (Lipinski definition) is 3. The second-order valence-corrected chi connectivity index (χ2v) is 8.46. The molecule has 0 saturated heterocycles. The Labute approximate surface area is 185 Å². The van der Waals surface area contributed by atoms with Gasteiger partial charge in [-0.1, -0.05) is 79.1 Å². The first kappa shape index (κ1) is 26.7. The molecule has 0 aliphatic carbocycles. The molecule has 3 N–H and O–H groups in total. The number of benzene rings is 1. The van der Waals surface area contributed by atoms with E-state index in [2.05, 4.69) is 13.8 Å². The standard InChI is InChI=1S/C25H38O6/c1-5-9-11-16(7-3)13-18-20(23(26)27)15-21(24(28)29)19(22(18)25(30)31)14-17(8-4)12-10-6-2/h15-17H,5-14H2,1-4H3,(H,26,27)(H,28,29)(H,30,31). The van der Waals surface area contributed by atoms with E-state index < -0.39 is 17.9 Å². The number of carboxylic acids is 3. The van der Waals surface area contributed by atoms with Crippen molar-refractivity contribution < 1.29 is 29.7 Å². The lowest BCUT2D eigenvalue weighted by Crippen LogP contribution is -2.21. The van der Waals surface area contributed by atoms with Gasteiger partial charge in [0, 0.05) is 0 Å². The molecular formula is C25H38O6. The molecular weight excluding hydrogens is 396 g/mol. The second kappa shape index (κ2) is 13.1. The zero-order valence-corrected chi connectivity index (χ0v) is 19.4. The highest BCUT2D eigenvalue weighted by molar-refractivity contribution is 6.03. The Morgan fingerprint density at radius 2 is 1.10 bits per heavy atom. The fourth-order valence-corrected chi connectivity index (χ4v) is 4.30. The molecule has 31 heavy (non-hydrogen) atoms. The van der Waals surface area contributed by atoms with Crippen LogP contribution in [0.5, 0.6) is 0 Å². The molecule has 0 aliphatic heterocycles. The molecule has 0 aliphatic rings. The van der Waals surface area contributed by atoms with Gasteiger partial charge in [-0.25, -0.2) is 14.4 Å². The quantitative estimate of drug-likeness (QED) is 0.299. The topological polar surface area (TPSA) is 112 Å². The average Bonchev–Trinajstić information content (AvgIpc) is 2.72. The first-order valence-corrected chi connectivity index (χ1v) is 11.6. The first-order chi connectivity index (χ1) is 14.7. The summed E-state index contributed by atoms with van der Waals surface area (Å²) in [4.78, 5) is 36.4. The summed E-state index contributed by atoms with van der Waals surface area (Å²) in [6, 6.07) is 1.18. The fraction of sp³-hybridized carbons (Fsp3) is 0.640. The third-order valence-corrected chi connectivity index (χ3v) is 6.29. The molecule has 2 unspecified atom stereocenters. The second-order valence-electron chi connectivity index (χ2n) is 8.46. The third kappa shape index (κ3) is 7.37. The minimum absolute atomic E-state index is 0.109. The lowest BCUT2D eigenvalue weighted by atomic mass is 9.80. The summed E-state index contributed by atoms with van der Waals surface area (Å²) in [6.45, 7) is 8.20. The van der Waals surface area contributed by atoms with Crippen molar-refractivity contribution in [1.82, 2.24) is 0 Å². The van der Waals surface area contributed by atoms with E-state index in [1.165, 1.54) is 6.07 Å². The van der Waals surface area contributed by atoms with Crippen LogP contribution in [0.4, 0.5) is 0 Å². The molecule has 1 rings (SSSR count). The predicted octanol–water partition coefficient (Wildman–Crippen LogP) is 6.30. The van der Waals surface area contributed by atoms with Crippen LogP contribution in [-0.2, 0) is 12.8 Å². The molecule has 2 atom stereocenters. The Balaban J connectivity index is 3.70. The monoisotopic (exact) mass is 434 g/mol. The molecule has 0 bridgehead atoms. The number of rotatable bonds is 15. The van der Waals surface area contributed by atoms with E-state index in [4.69, 9.17) is 0 Å². The maximum Gasteiger partial charge on any atom is 0.336 e. The highest BCUT2D eigenvalue weighted by atomic mass is 16.4. The van der Waals surface area contributed by atoms with Gasteiger partial charge in [0.15, 0.2) is 0 Å². The Morgan fingerprint density at radius 3 is 1.35 bits per heavy atom. The molecule has 1 aromatic rings. The minimum atomic E-state index is -1.28. The molecule has 0 saturated carbocycles. The first-order valence-electron chi connectivity index (χ1n) is 11.6. The number of aromatic carboxylic acids is 3. The molecule has 0 aromatic heterocycles. The van der Waals surface area contributed by atoms with Gasteiger partial charge in [0.25, 0.3) is 0 Å². The van der Waals surface area contributed by atoms with Crippen LogP contribution in [0.3, 0.4) is 0 Å². The number of unbranched alkanes of at least 4 members (excludes halogenated alkanes) is 2. The Morgan fingerprint density at radius 1 is 0.710 bits per heavy atom. The highest BCUT2D eigenvalue weighted by Crippen LogP contribution is 2.32. The van der Waals surface area contributed by atoms with Gasteiger partial charge in [0.1, 0.15) is 0 Å². The van der Waals surface area contributed by atoms with Gasteiger partial charge in [-0.05, 0) is 41.9 Å². The van der Waals surface area contributed by atoms with E-state index in [1.807, 2.05) is 13.8 Å². The maximum absolute atomic E-state index is 12.4. The fourth-order valence-electron chi connectivity index (χ4n) is 4.30. The molecule has 0 heterocycles. The van der Waals surface area contributed by atoms with Crippen molar-refractivity contribution in [1.29, 1.82) is 0 Å². The summed E-state index contributed by atoms with van der Waals surface area (Å²) in [7, 11) is 0. The van der Waals surface area contributed by atoms with Crippen LogP contribution in [0.1, 0.15) is 121 Å². The molecule has 0 fully saturated rings. The SMILES string of the molecule is CCCCC(CC)Cc1c(C(=O)O)cc(C(=O)O)c(CC(CC)CCCC)c1C(=O)O. The molecule has 6 heteroatoms. The van der Waals surface area contributed by atoms with Crippen molar-refractivity contribution in [3.63, 3.8) is 0 Å². The molecule has 1 aromatic carbocycles. The van der Waals surface area contributed by atoms with E-state index in [9.17, 15) is 29.7 Å². The van der Waals surface area contributed by atoms with E-state index in [0.29, 0.717) is 12.8 Å². The summed E-state index contributed by atoms with van der Waals surface area (Å²) in [5.41, 5.74) is 0.0361. The van der Waals surface area contributed by atoms with Crippen molar-refractivity contribution in [3.05, 3.63) is 33.9 Å². The summed E-state index contributed by atoms with van der Waals surface area (Å²) in [6.07, 6.45) is 8.03. The van der Waals surface area contributed by atoms with Crippen molar-refractivity contribution in [2.24, 2.45) is 11.8 Å². The number of carbonyl (C=O) groups is 3. The van der Waals surface area contributed by atoms with Crippen LogP contribution < -0.4 is 0 Å². The van der Waals surface area contributed by atoms with Crippen molar-refractivity contribution in [2.75, 3.05) is 0 Å². The highest BCUT2D eigenvalue weighted by Gasteiger charge is 2.30. The van der Waals surface area contributed by atoms with Gasteiger partial charge in [-0.2, -0.15) is 0 Å². The summed E-state index contributed by atoms with van der Waals surface area (Å²) in [5.74, 6) is -3.50. The molecule has 0 radical (unpaired) electrons. The van der Waals surface area contributed by atoms with Crippen LogP contribution in [-0.4, -0.2) is 33.2 Å². The molecule has 174 valence electrons. The van der Waals surface area contributed by atoms with Crippen LogP contribution in [0.2, 0.25) is 0 Å². The normalized spacial score (nSPS) is 13.0. The van der Waals surface area contributed by atoms with Crippen LogP contribution in [0, 0.1) is 11.8 Å². The minimum Gasteiger partial charge on any atom is -0.478 e. The largest absolute Gasteiger partial charge is 0.478 e. The van der Waals surface area contributed by atoms with Crippen LogP contribution in [0.25, 0.3) is 0 Å². The zero-order chi connectivity index (χ0) is 23.6. The number of carboxylic acid groups (broad SMARTS) is 3. The summed E-state index contributed by atoms with van der Waals surface area (Å²) < 4.78 is 0. The van der Waals surface area contributed by atoms with Gasteiger partial charge in [0.2, 0.25) is 0 Å². The van der Waals surface area contributed by atoms with Crippen molar-refractivity contribution in [2.45, 2.75) is 91.9 Å². The van der Waals surface area contributed by atoms with Gasteiger partial charge in [0.05, 0.1) is 16.7 Å². The smallest absolute Gasteiger partial charge is 0.336 e. The van der Waals surface area contributed by atoms with E-state index in [1.54, 1.807) is 0 Å². The average molecular weight is 435 g/mol. The van der Waals surface area contributed by atoms with Gasteiger partial charge < -0.3 is 15.3 Å². The van der Waals surface area contributed by atoms with Crippen LogP contribution in [0.15, 0.2) is 6.07 Å².